The van der Waals surface area contributed by atoms with Gasteiger partial charge in [0.15, 0.2) is 6.29 Å². The molecular weight excluding hydrogens is 160 g/mol. The maximum absolute atomic E-state index is 5.55. The highest BCUT2D eigenvalue weighted by atomic mass is 32.2. The van der Waals surface area contributed by atoms with Crippen LogP contribution in [0.5, 0.6) is 0 Å². The highest BCUT2D eigenvalue weighted by Gasteiger charge is 2.18. The zero-order chi connectivity index (χ0) is 8.10. The van der Waals surface area contributed by atoms with Crippen LogP contribution in [0.4, 0.5) is 0 Å². The Morgan fingerprint density at radius 1 is 1.55 bits per heavy atom. The van der Waals surface area contributed by atoms with Crippen LogP contribution in [0.15, 0.2) is 0 Å². The van der Waals surface area contributed by atoms with Gasteiger partial charge in [-0.2, -0.15) is 11.8 Å². The monoisotopic (exact) mass is 176 g/mol. The molecule has 0 aliphatic carbocycles. The third-order valence-corrected chi connectivity index (χ3v) is 2.41. The summed E-state index contributed by atoms with van der Waals surface area (Å²) >= 11 is 1.84. The second kappa shape index (κ2) is 5.01. The van der Waals surface area contributed by atoms with Gasteiger partial charge in [-0.3, -0.25) is 0 Å². The minimum absolute atomic E-state index is 0.0613. The van der Waals surface area contributed by atoms with Crippen LogP contribution in [0.2, 0.25) is 0 Å². The van der Waals surface area contributed by atoms with Crippen molar-refractivity contribution in [3.05, 3.63) is 0 Å². The summed E-state index contributed by atoms with van der Waals surface area (Å²) in [6.45, 7) is 2.97. The minimum Gasteiger partial charge on any atom is -0.353 e. The molecule has 0 N–H and O–H groups in total. The summed E-state index contributed by atoms with van der Waals surface area (Å²) < 4.78 is 11.0. The Bertz CT molecular complexity index is 108. The van der Waals surface area contributed by atoms with Crippen molar-refractivity contribution in [3.8, 4) is 0 Å². The van der Waals surface area contributed by atoms with Gasteiger partial charge in [-0.05, 0) is 25.4 Å². The van der Waals surface area contributed by atoms with E-state index in [1.54, 1.807) is 0 Å². The Kier molecular flexibility index (Phi) is 4.26. The molecule has 0 aromatic carbocycles. The van der Waals surface area contributed by atoms with E-state index in [4.69, 9.17) is 9.47 Å². The topological polar surface area (TPSA) is 18.5 Å². The van der Waals surface area contributed by atoms with E-state index >= 15 is 0 Å². The van der Waals surface area contributed by atoms with Gasteiger partial charge in [0, 0.05) is 6.42 Å². The molecule has 2 nitrogen and oxygen atoms in total. The first-order valence-corrected chi connectivity index (χ1v) is 5.48. The fraction of sp³-hybridized carbons (Fsp3) is 1.00. The van der Waals surface area contributed by atoms with Crippen LogP contribution in [-0.4, -0.2) is 31.0 Å². The number of ether oxygens (including phenoxy) is 2. The number of rotatable bonds is 3. The average Bonchev–Trinajstić information content (AvgIpc) is 2.01. The molecule has 2 atom stereocenters. The van der Waals surface area contributed by atoms with Gasteiger partial charge in [0.25, 0.3) is 0 Å². The predicted molar refractivity (Wildman–Crippen MR) is 47.9 cm³/mol. The maximum atomic E-state index is 5.55. The van der Waals surface area contributed by atoms with Crippen molar-refractivity contribution in [3.63, 3.8) is 0 Å². The normalized spacial score (nSPS) is 32.2. The second-order valence-corrected chi connectivity index (χ2v) is 3.80. The Morgan fingerprint density at radius 2 is 2.36 bits per heavy atom. The van der Waals surface area contributed by atoms with E-state index in [2.05, 4.69) is 13.2 Å². The summed E-state index contributed by atoms with van der Waals surface area (Å²) in [4.78, 5) is 0. The van der Waals surface area contributed by atoms with Crippen LogP contribution >= 0.6 is 11.8 Å². The molecule has 1 heterocycles. The molecule has 3 heteroatoms. The molecule has 2 unspecified atom stereocenters. The Morgan fingerprint density at radius 3 is 3.00 bits per heavy atom. The summed E-state index contributed by atoms with van der Waals surface area (Å²) in [5, 5.41) is 0. The zero-order valence-electron chi connectivity index (χ0n) is 7.21. The van der Waals surface area contributed by atoms with E-state index in [0.29, 0.717) is 6.10 Å². The highest BCUT2D eigenvalue weighted by Crippen LogP contribution is 2.15. The Hall–Kier alpha value is 0.270. The molecule has 1 aliphatic heterocycles. The molecule has 1 aliphatic rings. The summed E-state index contributed by atoms with van der Waals surface area (Å²) in [5.74, 6) is 1.12. The molecule has 0 spiro atoms. The fourth-order valence-electron chi connectivity index (χ4n) is 1.10. The summed E-state index contributed by atoms with van der Waals surface area (Å²) in [6.07, 6.45) is 4.61. The lowest BCUT2D eigenvalue weighted by Crippen LogP contribution is -2.30. The Labute approximate surface area is 72.6 Å². The van der Waals surface area contributed by atoms with E-state index < -0.39 is 0 Å². The molecule has 0 bridgehead atoms. The molecule has 0 saturated carbocycles. The first-order valence-electron chi connectivity index (χ1n) is 4.09. The summed E-state index contributed by atoms with van der Waals surface area (Å²) in [6, 6.07) is 0. The van der Waals surface area contributed by atoms with Gasteiger partial charge >= 0.3 is 0 Å². The number of hydrogen-bond acceptors (Lipinski definition) is 3. The van der Waals surface area contributed by atoms with Crippen molar-refractivity contribution in [2.75, 3.05) is 18.6 Å². The standard InChI is InChI=1S/C8H16O2S/c1-7-3-5-9-8(10-7)4-6-11-2/h7-8H,3-6H2,1-2H3. The van der Waals surface area contributed by atoms with Crippen molar-refractivity contribution in [2.24, 2.45) is 0 Å². The highest BCUT2D eigenvalue weighted by molar-refractivity contribution is 7.98. The molecule has 66 valence electrons. The van der Waals surface area contributed by atoms with E-state index in [0.717, 1.165) is 25.2 Å². The van der Waals surface area contributed by atoms with Crippen LogP contribution in [0, 0.1) is 0 Å². The molecular formula is C8H16O2S. The van der Waals surface area contributed by atoms with Crippen LogP contribution in [0.25, 0.3) is 0 Å². The molecule has 0 aromatic rings. The molecule has 0 radical (unpaired) electrons. The smallest absolute Gasteiger partial charge is 0.158 e. The fourth-order valence-corrected chi connectivity index (χ4v) is 1.53. The van der Waals surface area contributed by atoms with E-state index in [-0.39, 0.29) is 6.29 Å². The summed E-state index contributed by atoms with van der Waals surface area (Å²) in [5.41, 5.74) is 0. The van der Waals surface area contributed by atoms with Crippen molar-refractivity contribution >= 4 is 11.8 Å². The molecule has 0 amide bonds. The van der Waals surface area contributed by atoms with Gasteiger partial charge < -0.3 is 9.47 Å². The van der Waals surface area contributed by atoms with Crippen LogP contribution in [0.3, 0.4) is 0 Å². The SMILES string of the molecule is CSCCC1OCCC(C)O1. The lowest BCUT2D eigenvalue weighted by atomic mass is 10.3. The van der Waals surface area contributed by atoms with Crippen molar-refractivity contribution < 1.29 is 9.47 Å². The van der Waals surface area contributed by atoms with Gasteiger partial charge in [0.2, 0.25) is 0 Å². The lowest BCUT2D eigenvalue weighted by Gasteiger charge is -2.27. The van der Waals surface area contributed by atoms with Gasteiger partial charge in [-0.15, -0.1) is 0 Å². The van der Waals surface area contributed by atoms with E-state index in [1.165, 1.54) is 0 Å². The van der Waals surface area contributed by atoms with Gasteiger partial charge in [0.05, 0.1) is 12.7 Å². The Balaban J connectivity index is 2.12. The third-order valence-electron chi connectivity index (χ3n) is 1.77. The molecule has 0 aromatic heterocycles. The van der Waals surface area contributed by atoms with Crippen LogP contribution in [0.1, 0.15) is 19.8 Å². The molecule has 1 saturated heterocycles. The number of thioether (sulfide) groups is 1. The lowest BCUT2D eigenvalue weighted by molar-refractivity contribution is -0.207. The van der Waals surface area contributed by atoms with Crippen molar-refractivity contribution in [1.29, 1.82) is 0 Å². The molecule has 1 rings (SSSR count). The maximum Gasteiger partial charge on any atom is 0.158 e. The van der Waals surface area contributed by atoms with Crippen LogP contribution < -0.4 is 0 Å². The first kappa shape index (κ1) is 9.36. The van der Waals surface area contributed by atoms with Crippen LogP contribution in [-0.2, 0) is 9.47 Å². The average molecular weight is 176 g/mol. The first-order chi connectivity index (χ1) is 5.33. The molecule has 1 fully saturated rings. The number of hydrogen-bond donors (Lipinski definition) is 0. The third kappa shape index (κ3) is 3.45. The minimum atomic E-state index is 0.0613. The van der Waals surface area contributed by atoms with Crippen molar-refractivity contribution in [1.82, 2.24) is 0 Å². The largest absolute Gasteiger partial charge is 0.353 e. The molecule has 11 heavy (non-hydrogen) atoms. The summed E-state index contributed by atoms with van der Waals surface area (Å²) in [7, 11) is 0. The van der Waals surface area contributed by atoms with E-state index in [1.807, 2.05) is 11.8 Å². The van der Waals surface area contributed by atoms with Gasteiger partial charge in [0.1, 0.15) is 0 Å². The van der Waals surface area contributed by atoms with E-state index in [9.17, 15) is 0 Å². The van der Waals surface area contributed by atoms with Gasteiger partial charge in [-0.1, -0.05) is 0 Å². The predicted octanol–water partition coefficient (Wildman–Crippen LogP) is 1.89. The quantitative estimate of drug-likeness (QED) is 0.654. The van der Waals surface area contributed by atoms with Gasteiger partial charge in [-0.25, -0.2) is 0 Å². The van der Waals surface area contributed by atoms with Crippen molar-refractivity contribution in [2.45, 2.75) is 32.2 Å². The zero-order valence-corrected chi connectivity index (χ0v) is 8.02. The second-order valence-electron chi connectivity index (χ2n) is 2.82.